The first-order valence-electron chi connectivity index (χ1n) is 6.12. The molecule has 7 heteroatoms. The molecule has 18 heavy (non-hydrogen) atoms. The summed E-state index contributed by atoms with van der Waals surface area (Å²) in [7, 11) is 0. The summed E-state index contributed by atoms with van der Waals surface area (Å²) in [6.45, 7) is 2.02. The summed E-state index contributed by atoms with van der Waals surface area (Å²) >= 11 is 0. The van der Waals surface area contributed by atoms with Crippen LogP contribution in [0.4, 0.5) is 13.2 Å². The minimum atomic E-state index is -4.28. The first-order valence-corrected chi connectivity index (χ1v) is 6.12. The number of aromatic nitrogens is 2. The fraction of sp³-hybridized carbons (Fsp3) is 0.818. The molecule has 0 aliphatic carbocycles. The van der Waals surface area contributed by atoms with E-state index < -0.39 is 12.6 Å². The van der Waals surface area contributed by atoms with Gasteiger partial charge in [-0.05, 0) is 38.3 Å². The van der Waals surface area contributed by atoms with Gasteiger partial charge in [0, 0.05) is 6.42 Å². The van der Waals surface area contributed by atoms with E-state index in [0.29, 0.717) is 18.2 Å². The largest absolute Gasteiger partial charge is 0.396 e. The molecule has 1 saturated heterocycles. The van der Waals surface area contributed by atoms with Gasteiger partial charge in [0.2, 0.25) is 5.89 Å². The second-order valence-corrected chi connectivity index (χ2v) is 4.63. The summed E-state index contributed by atoms with van der Waals surface area (Å²) in [5, 5.41) is 6.61. The number of nitrogens with one attached hydrogen (secondary N) is 1. The molecule has 1 aliphatic rings. The predicted molar refractivity (Wildman–Crippen MR) is 58.0 cm³/mol. The van der Waals surface area contributed by atoms with Crippen molar-refractivity contribution >= 4 is 0 Å². The normalized spacial score (nSPS) is 18.2. The Morgan fingerprint density at radius 1 is 1.28 bits per heavy atom. The highest BCUT2D eigenvalue weighted by Crippen LogP contribution is 2.21. The van der Waals surface area contributed by atoms with E-state index in [4.69, 9.17) is 4.52 Å². The van der Waals surface area contributed by atoms with Crippen molar-refractivity contribution in [3.05, 3.63) is 11.7 Å². The molecule has 2 rings (SSSR count). The molecule has 1 aliphatic heterocycles. The van der Waals surface area contributed by atoms with Crippen LogP contribution in [0, 0.1) is 5.92 Å². The molecule has 1 aromatic heterocycles. The third-order valence-corrected chi connectivity index (χ3v) is 3.09. The van der Waals surface area contributed by atoms with E-state index >= 15 is 0 Å². The molecule has 0 radical (unpaired) electrons. The first-order chi connectivity index (χ1) is 8.53. The smallest absolute Gasteiger partial charge is 0.339 e. The Bertz CT molecular complexity index is 372. The zero-order valence-electron chi connectivity index (χ0n) is 9.96. The minimum absolute atomic E-state index is 0.275. The highest BCUT2D eigenvalue weighted by atomic mass is 19.4. The lowest BCUT2D eigenvalue weighted by Crippen LogP contribution is -2.27. The monoisotopic (exact) mass is 263 g/mol. The highest BCUT2D eigenvalue weighted by molar-refractivity contribution is 4.89. The number of piperidine rings is 1. The highest BCUT2D eigenvalue weighted by Gasteiger charge is 2.30. The average molecular weight is 263 g/mol. The number of hydrogen-bond acceptors (Lipinski definition) is 4. The van der Waals surface area contributed by atoms with Crippen LogP contribution >= 0.6 is 0 Å². The van der Waals surface area contributed by atoms with E-state index in [-0.39, 0.29) is 5.82 Å². The summed E-state index contributed by atoms with van der Waals surface area (Å²) < 4.78 is 41.1. The van der Waals surface area contributed by atoms with Crippen LogP contribution in [0.25, 0.3) is 0 Å². The number of hydrogen-bond donors (Lipinski definition) is 1. The van der Waals surface area contributed by atoms with E-state index in [0.717, 1.165) is 32.4 Å². The van der Waals surface area contributed by atoms with Crippen LogP contribution in [0.3, 0.4) is 0 Å². The summed E-state index contributed by atoms with van der Waals surface area (Å²) in [6.07, 6.45) is -1.74. The van der Waals surface area contributed by atoms with Gasteiger partial charge in [-0.1, -0.05) is 5.16 Å². The van der Waals surface area contributed by atoms with Gasteiger partial charge in [-0.3, -0.25) is 0 Å². The fourth-order valence-corrected chi connectivity index (χ4v) is 2.14. The van der Waals surface area contributed by atoms with Crippen LogP contribution in [-0.4, -0.2) is 29.4 Å². The maximum Gasteiger partial charge on any atom is 0.396 e. The molecule has 0 atom stereocenters. The lowest BCUT2D eigenvalue weighted by Gasteiger charge is -2.21. The van der Waals surface area contributed by atoms with E-state index in [9.17, 15) is 13.2 Å². The van der Waals surface area contributed by atoms with E-state index in [1.807, 2.05) is 0 Å². The van der Waals surface area contributed by atoms with Crippen molar-refractivity contribution in [2.45, 2.75) is 38.3 Å². The maximum atomic E-state index is 12.1. The second-order valence-electron chi connectivity index (χ2n) is 4.63. The van der Waals surface area contributed by atoms with Crippen molar-refractivity contribution in [2.75, 3.05) is 13.1 Å². The molecule has 102 valence electrons. The Labute approximate surface area is 103 Å². The summed E-state index contributed by atoms with van der Waals surface area (Å²) in [5.74, 6) is 0.639. The number of alkyl halides is 3. The Balaban J connectivity index is 1.79. The van der Waals surface area contributed by atoms with Gasteiger partial charge >= 0.3 is 6.18 Å². The molecule has 4 nitrogen and oxygen atoms in total. The van der Waals surface area contributed by atoms with Crippen molar-refractivity contribution in [1.29, 1.82) is 0 Å². The molecule has 2 heterocycles. The van der Waals surface area contributed by atoms with Gasteiger partial charge < -0.3 is 9.84 Å². The van der Waals surface area contributed by atoms with E-state index in [2.05, 4.69) is 15.5 Å². The van der Waals surface area contributed by atoms with Gasteiger partial charge in [0.15, 0.2) is 5.82 Å². The second kappa shape index (κ2) is 5.69. The molecule has 1 N–H and O–H groups in total. The lowest BCUT2D eigenvalue weighted by molar-refractivity contribution is -0.128. The van der Waals surface area contributed by atoms with Crippen LogP contribution in [0.1, 0.15) is 31.0 Å². The minimum Gasteiger partial charge on any atom is -0.339 e. The van der Waals surface area contributed by atoms with Gasteiger partial charge in [0.25, 0.3) is 0 Å². The van der Waals surface area contributed by atoms with Gasteiger partial charge in [0.1, 0.15) is 6.42 Å². The van der Waals surface area contributed by atoms with Crippen LogP contribution in [0.5, 0.6) is 0 Å². The van der Waals surface area contributed by atoms with Crippen molar-refractivity contribution in [3.63, 3.8) is 0 Å². The number of aryl methyl sites for hydroxylation is 1. The Morgan fingerprint density at radius 2 is 2.00 bits per heavy atom. The molecule has 1 fully saturated rings. The Morgan fingerprint density at radius 3 is 2.67 bits per heavy atom. The first kappa shape index (κ1) is 13.3. The molecule has 0 unspecified atom stereocenters. The van der Waals surface area contributed by atoms with Crippen molar-refractivity contribution in [2.24, 2.45) is 5.92 Å². The third-order valence-electron chi connectivity index (χ3n) is 3.09. The molecular weight excluding hydrogens is 247 g/mol. The molecular formula is C11H16F3N3O. The van der Waals surface area contributed by atoms with Crippen molar-refractivity contribution < 1.29 is 17.7 Å². The molecule has 0 bridgehead atoms. The average Bonchev–Trinajstić information content (AvgIpc) is 2.73. The molecule has 0 spiro atoms. The summed E-state index contributed by atoms with van der Waals surface area (Å²) in [5.41, 5.74) is 0. The molecule has 0 amide bonds. The standard InChI is InChI=1S/C11H16F3N3O/c12-11(13,14)7-9-16-10(18-17-9)2-1-8-3-5-15-6-4-8/h8,15H,1-7H2. The predicted octanol–water partition coefficient (Wildman–Crippen LogP) is 2.11. The number of nitrogens with zero attached hydrogens (tertiary/aromatic N) is 2. The van der Waals surface area contributed by atoms with Crippen LogP contribution in [-0.2, 0) is 12.8 Å². The quantitative estimate of drug-likeness (QED) is 0.904. The Kier molecular flexibility index (Phi) is 4.21. The molecule has 1 aromatic rings. The van der Waals surface area contributed by atoms with E-state index in [1.165, 1.54) is 0 Å². The van der Waals surface area contributed by atoms with Gasteiger partial charge in [-0.15, -0.1) is 0 Å². The van der Waals surface area contributed by atoms with Gasteiger partial charge in [-0.2, -0.15) is 18.2 Å². The Hall–Kier alpha value is -1.11. The van der Waals surface area contributed by atoms with Crippen molar-refractivity contribution in [3.8, 4) is 0 Å². The lowest BCUT2D eigenvalue weighted by atomic mass is 9.93. The maximum absolute atomic E-state index is 12.1. The zero-order valence-corrected chi connectivity index (χ0v) is 9.96. The molecule has 0 saturated carbocycles. The van der Waals surface area contributed by atoms with Crippen LogP contribution in [0.15, 0.2) is 4.52 Å². The van der Waals surface area contributed by atoms with Gasteiger partial charge in [0.05, 0.1) is 0 Å². The summed E-state index contributed by atoms with van der Waals surface area (Å²) in [4.78, 5) is 3.77. The molecule has 0 aromatic carbocycles. The van der Waals surface area contributed by atoms with E-state index in [1.54, 1.807) is 0 Å². The van der Waals surface area contributed by atoms with Gasteiger partial charge in [-0.25, -0.2) is 0 Å². The van der Waals surface area contributed by atoms with Crippen LogP contribution < -0.4 is 5.32 Å². The number of rotatable bonds is 4. The topological polar surface area (TPSA) is 51.0 Å². The SMILES string of the molecule is FC(F)(F)Cc1noc(CCC2CCNCC2)n1. The summed E-state index contributed by atoms with van der Waals surface area (Å²) in [6, 6.07) is 0. The third kappa shape index (κ3) is 4.29. The number of halogens is 3. The fourth-order valence-electron chi connectivity index (χ4n) is 2.14. The van der Waals surface area contributed by atoms with Crippen molar-refractivity contribution in [1.82, 2.24) is 15.5 Å². The zero-order chi connectivity index (χ0) is 13.0. The van der Waals surface area contributed by atoms with Crippen LogP contribution in [0.2, 0.25) is 0 Å².